The summed E-state index contributed by atoms with van der Waals surface area (Å²) in [5, 5.41) is 13.2. The molecule has 4 rings (SSSR count). The van der Waals surface area contributed by atoms with Gasteiger partial charge in [-0.05, 0) is 37.5 Å². The van der Waals surface area contributed by atoms with E-state index in [4.69, 9.17) is 9.47 Å². The molecule has 0 saturated heterocycles. The average Bonchev–Trinajstić information content (AvgIpc) is 3.25. The molecule has 198 valence electrons. The molecule has 0 bridgehead atoms. The Morgan fingerprint density at radius 2 is 1.71 bits per heavy atom. The van der Waals surface area contributed by atoms with E-state index in [-0.39, 0.29) is 6.42 Å². The zero-order chi connectivity index (χ0) is 27.4. The fourth-order valence-electron chi connectivity index (χ4n) is 4.02. The highest BCUT2D eigenvalue weighted by Gasteiger charge is 2.24. The fourth-order valence-corrected chi connectivity index (χ4v) is 4.74. The minimum Gasteiger partial charge on any atom is -0.496 e. The van der Waals surface area contributed by atoms with Crippen LogP contribution in [-0.4, -0.2) is 69.7 Å². The molecule has 0 unspecified atom stereocenters. The Morgan fingerprint density at radius 3 is 2.24 bits per heavy atom. The van der Waals surface area contributed by atoms with Crippen molar-refractivity contribution in [2.75, 3.05) is 38.5 Å². The summed E-state index contributed by atoms with van der Waals surface area (Å²) in [5.41, 5.74) is 3.80. The van der Waals surface area contributed by atoms with Crippen LogP contribution >= 0.6 is 11.5 Å². The van der Waals surface area contributed by atoms with Gasteiger partial charge in [-0.25, -0.2) is 19.7 Å². The van der Waals surface area contributed by atoms with Crippen LogP contribution in [0.15, 0.2) is 36.8 Å². The Hall–Kier alpha value is -4.32. The van der Waals surface area contributed by atoms with Crippen LogP contribution in [0.4, 0.5) is 11.8 Å². The van der Waals surface area contributed by atoms with Crippen molar-refractivity contribution in [3.05, 3.63) is 53.2 Å². The molecule has 3 aromatic heterocycles. The number of anilines is 2. The second-order valence-electron chi connectivity index (χ2n) is 8.69. The van der Waals surface area contributed by atoms with E-state index in [1.54, 1.807) is 37.7 Å². The highest BCUT2D eigenvalue weighted by Crippen LogP contribution is 2.38. The second kappa shape index (κ2) is 11.4. The van der Waals surface area contributed by atoms with Crippen LogP contribution in [0.3, 0.4) is 0 Å². The van der Waals surface area contributed by atoms with E-state index < -0.39 is 12.0 Å². The molecular formula is C26H29N7O4S. The summed E-state index contributed by atoms with van der Waals surface area (Å²) in [7, 11) is 6.80. The van der Waals surface area contributed by atoms with Gasteiger partial charge in [0.15, 0.2) is 0 Å². The number of nitrogens with one attached hydrogen (secondary N) is 1. The quantitative estimate of drug-likeness (QED) is 0.306. The highest BCUT2D eigenvalue weighted by molar-refractivity contribution is 7.06. The summed E-state index contributed by atoms with van der Waals surface area (Å²) in [6.07, 6.45) is 4.98. The Kier molecular flexibility index (Phi) is 8.01. The summed E-state index contributed by atoms with van der Waals surface area (Å²) in [6.45, 7) is 3.87. The Morgan fingerprint density at radius 1 is 1.05 bits per heavy atom. The Bertz CT molecular complexity index is 1400. The largest absolute Gasteiger partial charge is 0.496 e. The molecular weight excluding hydrogens is 506 g/mol. The predicted molar refractivity (Wildman–Crippen MR) is 146 cm³/mol. The van der Waals surface area contributed by atoms with Gasteiger partial charge in [0.05, 0.1) is 25.5 Å². The van der Waals surface area contributed by atoms with Crippen LogP contribution < -0.4 is 19.7 Å². The first-order valence-corrected chi connectivity index (χ1v) is 12.5. The Balaban J connectivity index is 1.65. The Labute approximate surface area is 224 Å². The van der Waals surface area contributed by atoms with Crippen molar-refractivity contribution in [1.82, 2.24) is 24.3 Å². The maximum absolute atomic E-state index is 12.3. The van der Waals surface area contributed by atoms with Gasteiger partial charge in [0.1, 0.15) is 29.2 Å². The van der Waals surface area contributed by atoms with Gasteiger partial charge in [0.25, 0.3) is 0 Å². The number of carboxylic acid groups (broad SMARTS) is 1. The van der Waals surface area contributed by atoms with Crippen molar-refractivity contribution in [3.8, 4) is 33.8 Å². The summed E-state index contributed by atoms with van der Waals surface area (Å²) >= 11 is 1.38. The van der Waals surface area contributed by atoms with Gasteiger partial charge < -0.3 is 24.8 Å². The molecule has 4 aromatic rings. The molecule has 0 saturated carbocycles. The number of nitrogens with zero attached hydrogens (tertiary/aromatic N) is 6. The van der Waals surface area contributed by atoms with Gasteiger partial charge >= 0.3 is 5.97 Å². The van der Waals surface area contributed by atoms with Crippen molar-refractivity contribution in [1.29, 1.82) is 0 Å². The van der Waals surface area contributed by atoms with Crippen LogP contribution in [0, 0.1) is 13.8 Å². The number of methoxy groups -OCH3 is 2. The standard InChI is InChI=1S/C26H29N7O4S/c1-14-22(15(2)38-32-14)17-13-29-26(33(3)4)31-24(17)30-18(25(34)35)10-21-27-11-16(12-28-21)23-19(36-5)8-7-9-20(23)37-6/h7-9,11-13,18H,10H2,1-6H3,(H,34,35)(H,29,30,31)/t18-/m0/s1. The van der Waals surface area contributed by atoms with Gasteiger partial charge in [0, 0.05) is 60.7 Å². The number of ether oxygens (including phenoxy) is 2. The molecule has 38 heavy (non-hydrogen) atoms. The number of aromatic nitrogens is 5. The van der Waals surface area contributed by atoms with Crippen molar-refractivity contribution in [2.24, 2.45) is 0 Å². The fraction of sp³-hybridized carbons (Fsp3) is 0.308. The first kappa shape index (κ1) is 26.7. The zero-order valence-electron chi connectivity index (χ0n) is 22.0. The van der Waals surface area contributed by atoms with E-state index in [1.807, 2.05) is 46.1 Å². The molecule has 0 aliphatic heterocycles. The SMILES string of the molecule is COc1cccc(OC)c1-c1cnc(C[C@H](Nc2nc(N(C)C)ncc2-c2c(C)nsc2C)C(=O)O)nc1. The molecule has 1 atom stereocenters. The van der Waals surface area contributed by atoms with Gasteiger partial charge in [-0.15, -0.1) is 0 Å². The third kappa shape index (κ3) is 5.49. The lowest BCUT2D eigenvalue weighted by molar-refractivity contribution is -0.137. The van der Waals surface area contributed by atoms with E-state index in [0.29, 0.717) is 45.8 Å². The number of hydrogen-bond donors (Lipinski definition) is 2. The van der Waals surface area contributed by atoms with E-state index in [0.717, 1.165) is 16.1 Å². The average molecular weight is 536 g/mol. The van der Waals surface area contributed by atoms with Crippen LogP contribution in [0.1, 0.15) is 16.4 Å². The number of rotatable bonds is 10. The molecule has 3 heterocycles. The van der Waals surface area contributed by atoms with Crippen LogP contribution in [0.25, 0.3) is 22.3 Å². The van der Waals surface area contributed by atoms with E-state index in [9.17, 15) is 9.90 Å². The molecule has 2 N–H and O–H groups in total. The lowest BCUT2D eigenvalue weighted by Crippen LogP contribution is -2.33. The van der Waals surface area contributed by atoms with Gasteiger partial charge in [-0.2, -0.15) is 9.36 Å². The predicted octanol–water partition coefficient (Wildman–Crippen LogP) is 3.86. The smallest absolute Gasteiger partial charge is 0.326 e. The van der Waals surface area contributed by atoms with Gasteiger partial charge in [-0.1, -0.05) is 6.07 Å². The van der Waals surface area contributed by atoms with E-state index in [1.165, 1.54) is 11.5 Å². The van der Waals surface area contributed by atoms with Crippen LogP contribution in [-0.2, 0) is 11.2 Å². The van der Waals surface area contributed by atoms with Crippen molar-refractivity contribution in [3.63, 3.8) is 0 Å². The topological polar surface area (TPSA) is 135 Å². The normalized spacial score (nSPS) is 11.6. The van der Waals surface area contributed by atoms with E-state index in [2.05, 4.69) is 29.6 Å². The summed E-state index contributed by atoms with van der Waals surface area (Å²) in [4.78, 5) is 33.0. The molecule has 0 aliphatic rings. The van der Waals surface area contributed by atoms with E-state index >= 15 is 0 Å². The lowest BCUT2D eigenvalue weighted by Gasteiger charge is -2.19. The number of benzene rings is 1. The summed E-state index contributed by atoms with van der Waals surface area (Å²) in [5.74, 6) is 1.38. The summed E-state index contributed by atoms with van der Waals surface area (Å²) < 4.78 is 15.4. The van der Waals surface area contributed by atoms with Crippen molar-refractivity contribution in [2.45, 2.75) is 26.3 Å². The molecule has 0 aliphatic carbocycles. The number of carbonyl (C=O) groups is 1. The minimum atomic E-state index is -1.06. The second-order valence-corrected chi connectivity index (χ2v) is 9.67. The third-order valence-electron chi connectivity index (χ3n) is 5.90. The number of hydrogen-bond acceptors (Lipinski definition) is 11. The monoisotopic (exact) mass is 535 g/mol. The molecule has 0 amide bonds. The molecule has 0 radical (unpaired) electrons. The number of aryl methyl sites for hydroxylation is 2. The maximum Gasteiger partial charge on any atom is 0.326 e. The number of aliphatic carboxylic acids is 1. The van der Waals surface area contributed by atoms with Crippen molar-refractivity contribution < 1.29 is 19.4 Å². The molecule has 1 aromatic carbocycles. The third-order valence-corrected chi connectivity index (χ3v) is 6.74. The maximum atomic E-state index is 12.3. The first-order valence-electron chi connectivity index (χ1n) is 11.7. The molecule has 12 heteroatoms. The summed E-state index contributed by atoms with van der Waals surface area (Å²) in [6, 6.07) is 4.43. The number of carboxylic acids is 1. The van der Waals surface area contributed by atoms with Crippen LogP contribution in [0.5, 0.6) is 11.5 Å². The highest BCUT2D eigenvalue weighted by atomic mass is 32.1. The van der Waals surface area contributed by atoms with Crippen LogP contribution in [0.2, 0.25) is 0 Å². The van der Waals surface area contributed by atoms with Crippen molar-refractivity contribution >= 4 is 29.3 Å². The first-order chi connectivity index (χ1) is 18.2. The molecule has 0 spiro atoms. The zero-order valence-corrected chi connectivity index (χ0v) is 22.8. The molecule has 0 fully saturated rings. The lowest BCUT2D eigenvalue weighted by atomic mass is 10.1. The minimum absolute atomic E-state index is 0.0270. The van der Waals surface area contributed by atoms with Gasteiger partial charge in [-0.3, -0.25) is 0 Å². The molecule has 11 nitrogen and oxygen atoms in total. The van der Waals surface area contributed by atoms with Gasteiger partial charge in [0.2, 0.25) is 5.95 Å².